The lowest BCUT2D eigenvalue weighted by Crippen LogP contribution is -2.50. The summed E-state index contributed by atoms with van der Waals surface area (Å²) in [6.07, 6.45) is -1.76. The summed E-state index contributed by atoms with van der Waals surface area (Å²) in [4.78, 5) is 19.0. The molecule has 1 fully saturated rings. The van der Waals surface area contributed by atoms with E-state index in [2.05, 4.69) is 15.2 Å². The van der Waals surface area contributed by atoms with Gasteiger partial charge in [-0.05, 0) is 49.9 Å². The van der Waals surface area contributed by atoms with Crippen LogP contribution < -0.4 is 0 Å². The van der Waals surface area contributed by atoms with Crippen molar-refractivity contribution < 1.29 is 31.1 Å². The van der Waals surface area contributed by atoms with Gasteiger partial charge in [0.1, 0.15) is 6.33 Å². The van der Waals surface area contributed by atoms with Gasteiger partial charge >= 0.3 is 6.18 Å². The first-order chi connectivity index (χ1) is 18.6. The Morgan fingerprint density at radius 2 is 1.77 bits per heavy atom. The Morgan fingerprint density at radius 1 is 1.05 bits per heavy atom. The molecular formula is C26H20F6N6O. The first-order valence-corrected chi connectivity index (χ1v) is 12.2. The molecular weight excluding hydrogens is 526 g/mol. The Kier molecular flexibility index (Phi) is 5.77. The number of carbonyl (C=O) groups excluding carboxylic acids is 1. The fourth-order valence-electron chi connectivity index (χ4n) is 5.79. The van der Waals surface area contributed by atoms with E-state index in [1.54, 1.807) is 18.0 Å². The van der Waals surface area contributed by atoms with Gasteiger partial charge in [0.2, 0.25) is 5.82 Å². The molecule has 2 aromatic carbocycles. The summed E-state index contributed by atoms with van der Waals surface area (Å²) in [5.41, 5.74) is 1.74. The van der Waals surface area contributed by atoms with Crippen molar-refractivity contribution in [2.24, 2.45) is 7.05 Å². The number of fused-ring (bicyclic) bond motifs is 4. The topological polar surface area (TPSA) is 68.8 Å². The molecule has 0 unspecified atom stereocenters. The Hall–Kier alpha value is -4.16. The average molecular weight is 546 g/mol. The maximum Gasteiger partial charge on any atom is 0.451 e. The summed E-state index contributed by atoms with van der Waals surface area (Å²) in [6.45, 7) is 0. The van der Waals surface area contributed by atoms with E-state index < -0.39 is 41.4 Å². The van der Waals surface area contributed by atoms with Gasteiger partial charge in [0, 0.05) is 24.2 Å². The van der Waals surface area contributed by atoms with Gasteiger partial charge < -0.3 is 4.90 Å². The Morgan fingerprint density at radius 3 is 2.49 bits per heavy atom. The molecule has 39 heavy (non-hydrogen) atoms. The van der Waals surface area contributed by atoms with Crippen molar-refractivity contribution >= 4 is 5.91 Å². The van der Waals surface area contributed by atoms with Crippen molar-refractivity contribution in [3.05, 3.63) is 82.8 Å². The van der Waals surface area contributed by atoms with Gasteiger partial charge in [-0.2, -0.15) is 23.4 Å². The van der Waals surface area contributed by atoms with E-state index in [1.165, 1.54) is 22.9 Å². The molecule has 4 aromatic rings. The van der Waals surface area contributed by atoms with Crippen LogP contribution in [0.2, 0.25) is 0 Å². The number of hydrogen-bond acceptors (Lipinski definition) is 4. The van der Waals surface area contributed by atoms with Crippen molar-refractivity contribution in [3.8, 4) is 16.9 Å². The summed E-state index contributed by atoms with van der Waals surface area (Å²) in [6, 6.07) is 6.86. The van der Waals surface area contributed by atoms with E-state index in [0.29, 0.717) is 40.9 Å². The number of benzene rings is 2. The van der Waals surface area contributed by atoms with Crippen molar-refractivity contribution in [3.63, 3.8) is 0 Å². The summed E-state index contributed by atoms with van der Waals surface area (Å²) in [5.74, 6) is -5.95. The zero-order valence-corrected chi connectivity index (χ0v) is 20.4. The van der Waals surface area contributed by atoms with Crippen molar-refractivity contribution in [2.45, 2.75) is 43.9 Å². The molecule has 202 valence electrons. The molecule has 2 aliphatic rings. The number of aryl methyl sites for hydroxylation is 1. The zero-order valence-electron chi connectivity index (χ0n) is 20.4. The molecule has 0 spiro atoms. The molecule has 2 bridgehead atoms. The third-order valence-electron chi connectivity index (χ3n) is 7.33. The smallest absolute Gasteiger partial charge is 0.327 e. The van der Waals surface area contributed by atoms with Gasteiger partial charge in [0.05, 0.1) is 28.7 Å². The van der Waals surface area contributed by atoms with Crippen LogP contribution in [0.5, 0.6) is 0 Å². The number of aromatic nitrogens is 5. The Labute approximate surface area is 217 Å². The van der Waals surface area contributed by atoms with Crippen molar-refractivity contribution in [1.29, 1.82) is 0 Å². The average Bonchev–Trinajstić information content (AvgIpc) is 3.51. The monoisotopic (exact) mass is 546 g/mol. The Balaban J connectivity index is 1.43. The SMILES string of the molecule is Cn1nc2c(c1-c1cc(F)c(F)c(F)c1)C[C@@H]1CCC[C@H]2N1C(=O)c1ccccc1-n1ncnc1C(F)(F)F. The highest BCUT2D eigenvalue weighted by Crippen LogP contribution is 2.45. The van der Waals surface area contributed by atoms with Crippen LogP contribution in [-0.2, 0) is 19.6 Å². The number of nitrogens with zero attached hydrogens (tertiary/aromatic N) is 6. The van der Waals surface area contributed by atoms with Crippen LogP contribution in [0.3, 0.4) is 0 Å². The van der Waals surface area contributed by atoms with E-state index in [4.69, 9.17) is 0 Å². The van der Waals surface area contributed by atoms with E-state index >= 15 is 0 Å². The predicted octanol–water partition coefficient (Wildman–Crippen LogP) is 5.40. The fourth-order valence-corrected chi connectivity index (χ4v) is 5.79. The molecule has 1 amide bonds. The second-order valence-corrected chi connectivity index (χ2v) is 9.62. The number of amides is 1. The van der Waals surface area contributed by atoms with Gasteiger partial charge in [0.15, 0.2) is 17.5 Å². The first-order valence-electron chi connectivity index (χ1n) is 12.2. The van der Waals surface area contributed by atoms with Crippen molar-refractivity contribution in [1.82, 2.24) is 29.4 Å². The van der Waals surface area contributed by atoms with Gasteiger partial charge in [-0.3, -0.25) is 9.48 Å². The number of carbonyl (C=O) groups is 1. The second-order valence-electron chi connectivity index (χ2n) is 9.62. The molecule has 2 aliphatic heterocycles. The largest absolute Gasteiger partial charge is 0.451 e. The minimum atomic E-state index is -4.78. The first kappa shape index (κ1) is 25.1. The molecule has 0 radical (unpaired) electrons. The molecule has 0 aliphatic carbocycles. The maximum absolute atomic E-state index is 14.1. The summed E-state index contributed by atoms with van der Waals surface area (Å²) < 4.78 is 84.5. The highest BCUT2D eigenvalue weighted by molar-refractivity contribution is 5.98. The highest BCUT2D eigenvalue weighted by atomic mass is 19.4. The van der Waals surface area contributed by atoms with Crippen LogP contribution in [0.25, 0.3) is 16.9 Å². The fraction of sp³-hybridized carbons (Fsp3) is 0.308. The molecule has 6 rings (SSSR count). The lowest BCUT2D eigenvalue weighted by Gasteiger charge is -2.45. The van der Waals surface area contributed by atoms with Gasteiger partial charge in [-0.25, -0.2) is 22.8 Å². The van der Waals surface area contributed by atoms with Gasteiger partial charge in [-0.15, -0.1) is 0 Å². The number of rotatable bonds is 3. The minimum Gasteiger partial charge on any atom is -0.327 e. The quantitative estimate of drug-likeness (QED) is 0.255. The standard InChI is InChI=1S/C26H20F6N6O/c1-36-23(13-9-17(27)21(29)18(28)10-13)16-11-14-5-4-8-20(22(16)35-36)37(14)24(39)15-6-2-3-7-19(15)38-25(26(30,31)32)33-12-34-38/h2-3,6-7,9-10,12,14,20H,4-5,8,11H2,1H3/t14-,20+/m0/s1. The number of piperidine rings is 1. The third kappa shape index (κ3) is 3.98. The summed E-state index contributed by atoms with van der Waals surface area (Å²) in [5, 5.41) is 8.31. The lowest BCUT2D eigenvalue weighted by molar-refractivity contribution is -0.146. The number of para-hydroxylation sites is 1. The molecule has 0 N–H and O–H groups in total. The van der Waals surface area contributed by atoms with E-state index in [-0.39, 0.29) is 22.9 Å². The molecule has 13 heteroatoms. The van der Waals surface area contributed by atoms with E-state index in [0.717, 1.165) is 24.9 Å². The van der Waals surface area contributed by atoms with Crippen LogP contribution >= 0.6 is 0 Å². The highest BCUT2D eigenvalue weighted by Gasteiger charge is 2.45. The van der Waals surface area contributed by atoms with Crippen LogP contribution in [-0.4, -0.2) is 41.4 Å². The molecule has 2 aromatic heterocycles. The van der Waals surface area contributed by atoms with Gasteiger partial charge in [0.25, 0.3) is 5.91 Å². The number of hydrogen-bond donors (Lipinski definition) is 0. The molecule has 0 saturated carbocycles. The number of halogens is 6. The van der Waals surface area contributed by atoms with Crippen molar-refractivity contribution in [2.75, 3.05) is 0 Å². The van der Waals surface area contributed by atoms with E-state index in [1.807, 2.05) is 0 Å². The van der Waals surface area contributed by atoms with E-state index in [9.17, 15) is 31.1 Å². The minimum absolute atomic E-state index is 0.0210. The van der Waals surface area contributed by atoms with Crippen LogP contribution in [0.4, 0.5) is 26.3 Å². The van der Waals surface area contributed by atoms with Crippen LogP contribution in [0, 0.1) is 17.5 Å². The molecule has 7 nitrogen and oxygen atoms in total. The normalized spacial score (nSPS) is 18.8. The maximum atomic E-state index is 14.1. The van der Waals surface area contributed by atoms with Gasteiger partial charge in [-0.1, -0.05) is 12.1 Å². The zero-order chi connectivity index (χ0) is 27.6. The Bertz CT molecular complexity index is 1590. The van der Waals surface area contributed by atoms with Crippen LogP contribution in [0.1, 0.15) is 52.7 Å². The van der Waals surface area contributed by atoms with Crippen LogP contribution in [0.15, 0.2) is 42.7 Å². The third-order valence-corrected chi connectivity index (χ3v) is 7.33. The molecule has 2 atom stereocenters. The summed E-state index contributed by atoms with van der Waals surface area (Å²) in [7, 11) is 1.60. The number of alkyl halides is 3. The second kappa shape index (κ2) is 8.95. The lowest BCUT2D eigenvalue weighted by atomic mass is 9.81. The molecule has 1 saturated heterocycles. The summed E-state index contributed by atoms with van der Waals surface area (Å²) >= 11 is 0. The predicted molar refractivity (Wildman–Crippen MR) is 125 cm³/mol. The molecule has 4 heterocycles.